The highest BCUT2D eigenvalue weighted by Crippen LogP contribution is 2.18. The predicted octanol–water partition coefficient (Wildman–Crippen LogP) is 3.36. The average molecular weight is 292 g/mol. The summed E-state index contributed by atoms with van der Waals surface area (Å²) in [4.78, 5) is 11.2. The molecule has 0 unspecified atom stereocenters. The molecular weight excluding hydrogens is 276 g/mol. The second kappa shape index (κ2) is 7.65. The van der Waals surface area contributed by atoms with Crippen molar-refractivity contribution in [2.75, 3.05) is 12.4 Å². The molecule has 4 nitrogen and oxygen atoms in total. The smallest absolute Gasteiger partial charge is 0.330 e. The maximum absolute atomic E-state index is 11.2. The number of rotatable bonds is 5. The molecule has 0 saturated heterocycles. The molecule has 0 saturated carbocycles. The Morgan fingerprint density at radius 3 is 2.86 bits per heavy atom. The van der Waals surface area contributed by atoms with Gasteiger partial charge in [0.2, 0.25) is 0 Å². The molecule has 22 heavy (non-hydrogen) atoms. The first-order valence-corrected chi connectivity index (χ1v) is 6.81. The zero-order chi connectivity index (χ0) is 15.8. The highest BCUT2D eigenvalue weighted by Gasteiger charge is 2.01. The molecular formula is C18H16N2O2. The van der Waals surface area contributed by atoms with Gasteiger partial charge >= 0.3 is 5.97 Å². The summed E-state index contributed by atoms with van der Waals surface area (Å²) in [7, 11) is 1.35. The Labute approximate surface area is 129 Å². The van der Waals surface area contributed by atoms with Crippen molar-refractivity contribution >= 4 is 17.7 Å². The Balaban J connectivity index is 2.11. The number of methoxy groups -OCH3 is 1. The lowest BCUT2D eigenvalue weighted by Gasteiger charge is -2.10. The lowest BCUT2D eigenvalue weighted by molar-refractivity contribution is -0.134. The second-order valence-electron chi connectivity index (χ2n) is 4.61. The van der Waals surface area contributed by atoms with Crippen molar-refractivity contribution in [1.82, 2.24) is 0 Å². The minimum atomic E-state index is -0.392. The topological polar surface area (TPSA) is 62.1 Å². The van der Waals surface area contributed by atoms with Crippen LogP contribution in [0.4, 0.5) is 5.69 Å². The highest BCUT2D eigenvalue weighted by molar-refractivity contribution is 5.88. The van der Waals surface area contributed by atoms with Crippen molar-refractivity contribution in [3.8, 4) is 6.07 Å². The Bertz CT molecular complexity index is 730. The van der Waals surface area contributed by atoms with E-state index < -0.39 is 5.97 Å². The van der Waals surface area contributed by atoms with Gasteiger partial charge in [-0.25, -0.2) is 4.79 Å². The molecule has 4 heteroatoms. The maximum atomic E-state index is 11.2. The van der Waals surface area contributed by atoms with Crippen LogP contribution in [0.5, 0.6) is 0 Å². The molecule has 2 rings (SSSR count). The van der Waals surface area contributed by atoms with Gasteiger partial charge in [0.25, 0.3) is 0 Å². The number of ether oxygens (including phenoxy) is 1. The van der Waals surface area contributed by atoms with Gasteiger partial charge in [0.15, 0.2) is 0 Å². The fourth-order valence-electron chi connectivity index (χ4n) is 1.98. The first-order valence-electron chi connectivity index (χ1n) is 6.81. The van der Waals surface area contributed by atoms with E-state index in [9.17, 15) is 4.79 Å². The molecule has 0 atom stereocenters. The largest absolute Gasteiger partial charge is 0.466 e. The van der Waals surface area contributed by atoms with Gasteiger partial charge in [-0.1, -0.05) is 30.3 Å². The molecule has 0 aliphatic rings. The van der Waals surface area contributed by atoms with E-state index in [1.54, 1.807) is 12.1 Å². The third kappa shape index (κ3) is 4.22. The Morgan fingerprint density at radius 1 is 1.27 bits per heavy atom. The standard InChI is InChI=1S/C18H16N2O2/c1-22-18(21)10-9-16-7-2-3-8-17(16)20-13-15-6-4-5-14(11-15)12-19/h2-11,20H,13H2,1H3. The fourth-order valence-corrected chi connectivity index (χ4v) is 1.98. The first kappa shape index (κ1) is 15.3. The van der Waals surface area contributed by atoms with Gasteiger partial charge in [-0.15, -0.1) is 0 Å². The Morgan fingerprint density at radius 2 is 2.09 bits per heavy atom. The lowest BCUT2D eigenvalue weighted by Crippen LogP contribution is -2.01. The summed E-state index contributed by atoms with van der Waals surface area (Å²) >= 11 is 0. The summed E-state index contributed by atoms with van der Waals surface area (Å²) in [6, 6.07) is 17.2. The fraction of sp³-hybridized carbons (Fsp3) is 0.111. The van der Waals surface area contributed by atoms with Crippen LogP contribution in [-0.2, 0) is 16.1 Å². The SMILES string of the molecule is COC(=O)C=Cc1ccccc1NCc1cccc(C#N)c1. The van der Waals surface area contributed by atoms with Gasteiger partial charge in [0, 0.05) is 18.3 Å². The Kier molecular flexibility index (Phi) is 5.33. The number of carbonyl (C=O) groups excluding carboxylic acids is 1. The summed E-state index contributed by atoms with van der Waals surface area (Å²) in [6.45, 7) is 0.596. The molecule has 0 aliphatic carbocycles. The van der Waals surface area contributed by atoms with Crippen LogP contribution in [0.3, 0.4) is 0 Å². The quantitative estimate of drug-likeness (QED) is 0.678. The van der Waals surface area contributed by atoms with Crippen LogP contribution in [0.1, 0.15) is 16.7 Å². The number of hydrogen-bond acceptors (Lipinski definition) is 4. The number of esters is 1. The zero-order valence-corrected chi connectivity index (χ0v) is 12.2. The van der Waals surface area contributed by atoms with E-state index in [-0.39, 0.29) is 0 Å². The molecule has 0 radical (unpaired) electrons. The molecule has 1 N–H and O–H groups in total. The average Bonchev–Trinajstić information content (AvgIpc) is 2.58. The van der Waals surface area contributed by atoms with Gasteiger partial charge in [-0.05, 0) is 35.4 Å². The zero-order valence-electron chi connectivity index (χ0n) is 12.2. The van der Waals surface area contributed by atoms with Crippen molar-refractivity contribution in [3.05, 3.63) is 71.3 Å². The van der Waals surface area contributed by atoms with Crippen molar-refractivity contribution < 1.29 is 9.53 Å². The predicted molar refractivity (Wildman–Crippen MR) is 86.0 cm³/mol. The highest BCUT2D eigenvalue weighted by atomic mass is 16.5. The summed E-state index contributed by atoms with van der Waals surface area (Å²) in [5.74, 6) is -0.392. The van der Waals surface area contributed by atoms with Crippen LogP contribution >= 0.6 is 0 Å². The van der Waals surface area contributed by atoms with E-state index in [0.717, 1.165) is 16.8 Å². The van der Waals surface area contributed by atoms with E-state index in [0.29, 0.717) is 12.1 Å². The van der Waals surface area contributed by atoms with Gasteiger partial charge in [-0.3, -0.25) is 0 Å². The summed E-state index contributed by atoms with van der Waals surface area (Å²) < 4.78 is 4.59. The molecule has 0 heterocycles. The molecule has 2 aromatic carbocycles. The summed E-state index contributed by atoms with van der Waals surface area (Å²) in [6.07, 6.45) is 3.09. The number of nitriles is 1. The number of anilines is 1. The van der Waals surface area contributed by atoms with Gasteiger partial charge in [0.1, 0.15) is 0 Å². The van der Waals surface area contributed by atoms with Crippen molar-refractivity contribution in [2.24, 2.45) is 0 Å². The summed E-state index contributed by atoms with van der Waals surface area (Å²) in [5, 5.41) is 12.2. The van der Waals surface area contributed by atoms with Crippen LogP contribution < -0.4 is 5.32 Å². The van der Waals surface area contributed by atoms with Gasteiger partial charge in [0.05, 0.1) is 18.7 Å². The molecule has 0 aliphatic heterocycles. The third-order valence-electron chi connectivity index (χ3n) is 3.10. The number of carbonyl (C=O) groups is 1. The normalized spacial score (nSPS) is 10.2. The van der Waals surface area contributed by atoms with Crippen molar-refractivity contribution in [3.63, 3.8) is 0 Å². The molecule has 0 aromatic heterocycles. The van der Waals surface area contributed by atoms with Crippen LogP contribution in [-0.4, -0.2) is 13.1 Å². The van der Waals surface area contributed by atoms with E-state index in [4.69, 9.17) is 5.26 Å². The van der Waals surface area contributed by atoms with E-state index in [2.05, 4.69) is 16.1 Å². The van der Waals surface area contributed by atoms with Gasteiger partial charge < -0.3 is 10.1 Å². The minimum absolute atomic E-state index is 0.392. The molecule has 0 spiro atoms. The summed E-state index contributed by atoms with van der Waals surface area (Å²) in [5.41, 5.74) is 3.46. The number of nitrogens with zero attached hydrogens (tertiary/aromatic N) is 1. The van der Waals surface area contributed by atoms with Crippen LogP contribution in [0.2, 0.25) is 0 Å². The van der Waals surface area contributed by atoms with Crippen LogP contribution in [0.15, 0.2) is 54.6 Å². The third-order valence-corrected chi connectivity index (χ3v) is 3.10. The van der Waals surface area contributed by atoms with Crippen molar-refractivity contribution in [2.45, 2.75) is 6.54 Å². The first-order chi connectivity index (χ1) is 10.7. The van der Waals surface area contributed by atoms with Gasteiger partial charge in [-0.2, -0.15) is 5.26 Å². The van der Waals surface area contributed by atoms with E-state index in [1.165, 1.54) is 13.2 Å². The molecule has 0 amide bonds. The van der Waals surface area contributed by atoms with Crippen LogP contribution in [0.25, 0.3) is 6.08 Å². The maximum Gasteiger partial charge on any atom is 0.330 e. The number of benzene rings is 2. The number of nitrogens with one attached hydrogen (secondary N) is 1. The molecule has 110 valence electrons. The number of para-hydroxylation sites is 1. The molecule has 0 fully saturated rings. The number of hydrogen-bond donors (Lipinski definition) is 1. The lowest BCUT2D eigenvalue weighted by atomic mass is 10.1. The molecule has 2 aromatic rings. The van der Waals surface area contributed by atoms with Crippen LogP contribution in [0, 0.1) is 11.3 Å². The van der Waals surface area contributed by atoms with Crippen molar-refractivity contribution in [1.29, 1.82) is 5.26 Å². The molecule has 0 bridgehead atoms. The Hall–Kier alpha value is -3.06. The monoisotopic (exact) mass is 292 g/mol. The second-order valence-corrected chi connectivity index (χ2v) is 4.61. The minimum Gasteiger partial charge on any atom is -0.466 e. The van der Waals surface area contributed by atoms with E-state index in [1.807, 2.05) is 42.5 Å². The van der Waals surface area contributed by atoms with E-state index >= 15 is 0 Å².